The van der Waals surface area contributed by atoms with Crippen molar-refractivity contribution in [3.63, 3.8) is 0 Å². The van der Waals surface area contributed by atoms with Crippen LogP contribution in [-0.4, -0.2) is 18.3 Å². The van der Waals surface area contributed by atoms with Crippen LogP contribution in [0.2, 0.25) is 5.02 Å². The van der Waals surface area contributed by atoms with Gasteiger partial charge in [0.25, 0.3) is 0 Å². The standard InChI is InChI=1S/C17H17ClO3/c1-10-3-4-11(2)13(7-10)16(19)12-8-14(18)17-15(9-12)20-5-6-21-17/h3-4,7-9,16,19H,5-6H2,1-2H3. The number of hydrogen-bond acceptors (Lipinski definition) is 3. The molecule has 0 radical (unpaired) electrons. The molecule has 0 fully saturated rings. The molecule has 0 spiro atoms. The number of aliphatic hydroxyl groups is 1. The number of fused-ring (bicyclic) bond motifs is 1. The second-order valence-electron chi connectivity index (χ2n) is 5.29. The Hall–Kier alpha value is -1.71. The average molecular weight is 305 g/mol. The first-order valence-corrected chi connectivity index (χ1v) is 7.28. The Balaban J connectivity index is 2.03. The minimum Gasteiger partial charge on any atom is -0.486 e. The quantitative estimate of drug-likeness (QED) is 0.917. The van der Waals surface area contributed by atoms with Crippen molar-refractivity contribution < 1.29 is 14.6 Å². The van der Waals surface area contributed by atoms with Gasteiger partial charge in [-0.1, -0.05) is 35.4 Å². The maximum absolute atomic E-state index is 10.7. The highest BCUT2D eigenvalue weighted by Gasteiger charge is 2.21. The summed E-state index contributed by atoms with van der Waals surface area (Å²) >= 11 is 6.23. The first kappa shape index (κ1) is 14.2. The average Bonchev–Trinajstić information content (AvgIpc) is 2.49. The molecule has 110 valence electrons. The molecule has 4 heteroatoms. The van der Waals surface area contributed by atoms with Crippen LogP contribution >= 0.6 is 11.6 Å². The summed E-state index contributed by atoms with van der Waals surface area (Å²) in [7, 11) is 0. The maximum atomic E-state index is 10.7. The normalized spacial score (nSPS) is 14.9. The molecule has 1 atom stereocenters. The SMILES string of the molecule is Cc1ccc(C)c(C(O)c2cc(Cl)c3c(c2)OCCO3)c1. The molecule has 3 rings (SSSR count). The second kappa shape index (κ2) is 5.58. The summed E-state index contributed by atoms with van der Waals surface area (Å²) in [5.74, 6) is 1.15. The monoisotopic (exact) mass is 304 g/mol. The molecule has 1 N–H and O–H groups in total. The molecule has 1 unspecified atom stereocenters. The number of hydrogen-bond donors (Lipinski definition) is 1. The van der Waals surface area contributed by atoms with Crippen LogP contribution in [-0.2, 0) is 0 Å². The number of aliphatic hydroxyl groups excluding tert-OH is 1. The summed E-state index contributed by atoms with van der Waals surface area (Å²) in [6, 6.07) is 9.56. The Bertz CT molecular complexity index is 682. The lowest BCUT2D eigenvalue weighted by Crippen LogP contribution is -2.16. The van der Waals surface area contributed by atoms with Gasteiger partial charge in [0.1, 0.15) is 19.3 Å². The van der Waals surface area contributed by atoms with Crippen LogP contribution in [0.15, 0.2) is 30.3 Å². The number of rotatable bonds is 2. The van der Waals surface area contributed by atoms with Crippen molar-refractivity contribution in [1.29, 1.82) is 0 Å². The summed E-state index contributed by atoms with van der Waals surface area (Å²) in [6.45, 7) is 4.97. The van der Waals surface area contributed by atoms with E-state index < -0.39 is 6.10 Å². The van der Waals surface area contributed by atoms with Crippen LogP contribution in [0.3, 0.4) is 0 Å². The Kier molecular flexibility index (Phi) is 3.79. The number of aryl methyl sites for hydroxylation is 2. The zero-order valence-corrected chi connectivity index (χ0v) is 12.8. The molecule has 0 saturated heterocycles. The fourth-order valence-corrected chi connectivity index (χ4v) is 2.80. The highest BCUT2D eigenvalue weighted by molar-refractivity contribution is 6.32. The van der Waals surface area contributed by atoms with E-state index in [1.165, 1.54) is 0 Å². The number of halogens is 1. The van der Waals surface area contributed by atoms with Crippen LogP contribution in [0.4, 0.5) is 0 Å². The van der Waals surface area contributed by atoms with Gasteiger partial charge >= 0.3 is 0 Å². The molecular weight excluding hydrogens is 288 g/mol. The molecule has 1 aliphatic rings. The van der Waals surface area contributed by atoms with Crippen molar-refractivity contribution in [3.05, 3.63) is 57.6 Å². The summed E-state index contributed by atoms with van der Waals surface area (Å²) in [4.78, 5) is 0. The Morgan fingerprint density at radius 1 is 1.10 bits per heavy atom. The van der Waals surface area contributed by atoms with Crippen LogP contribution in [0, 0.1) is 13.8 Å². The van der Waals surface area contributed by atoms with Gasteiger partial charge in [0.2, 0.25) is 0 Å². The van der Waals surface area contributed by atoms with E-state index in [1.54, 1.807) is 12.1 Å². The molecular formula is C17H17ClO3. The maximum Gasteiger partial charge on any atom is 0.179 e. The molecule has 3 nitrogen and oxygen atoms in total. The molecule has 1 aliphatic heterocycles. The lowest BCUT2D eigenvalue weighted by atomic mass is 9.95. The van der Waals surface area contributed by atoms with E-state index >= 15 is 0 Å². The topological polar surface area (TPSA) is 38.7 Å². The predicted molar refractivity (Wildman–Crippen MR) is 82.4 cm³/mol. The summed E-state index contributed by atoms with van der Waals surface area (Å²) in [5, 5.41) is 11.1. The Labute approximate surface area is 129 Å². The van der Waals surface area contributed by atoms with Gasteiger partial charge in [-0.05, 0) is 42.7 Å². The highest BCUT2D eigenvalue weighted by Crippen LogP contribution is 2.41. The van der Waals surface area contributed by atoms with Crippen molar-refractivity contribution in [1.82, 2.24) is 0 Å². The Morgan fingerprint density at radius 2 is 1.86 bits per heavy atom. The van der Waals surface area contributed by atoms with Crippen LogP contribution in [0.25, 0.3) is 0 Å². The molecule has 0 aliphatic carbocycles. The van der Waals surface area contributed by atoms with Crippen molar-refractivity contribution in [2.24, 2.45) is 0 Å². The fourth-order valence-electron chi connectivity index (χ4n) is 2.52. The summed E-state index contributed by atoms with van der Waals surface area (Å²) in [6.07, 6.45) is -0.738. The largest absolute Gasteiger partial charge is 0.486 e. The van der Waals surface area contributed by atoms with Crippen LogP contribution < -0.4 is 9.47 Å². The molecule has 0 saturated carbocycles. The smallest absolute Gasteiger partial charge is 0.179 e. The first-order valence-electron chi connectivity index (χ1n) is 6.90. The van der Waals surface area contributed by atoms with Gasteiger partial charge < -0.3 is 14.6 Å². The minimum atomic E-state index is -0.738. The molecule has 0 amide bonds. The van der Waals surface area contributed by atoms with Crippen molar-refractivity contribution in [2.75, 3.05) is 13.2 Å². The minimum absolute atomic E-state index is 0.464. The van der Waals surface area contributed by atoms with Crippen LogP contribution in [0.5, 0.6) is 11.5 Å². The van der Waals surface area contributed by atoms with Crippen LogP contribution in [0.1, 0.15) is 28.4 Å². The van der Waals surface area contributed by atoms with Crippen molar-refractivity contribution in [2.45, 2.75) is 20.0 Å². The van der Waals surface area contributed by atoms with E-state index in [9.17, 15) is 5.11 Å². The summed E-state index contributed by atoms with van der Waals surface area (Å²) < 4.78 is 11.1. The van der Waals surface area contributed by atoms with Gasteiger partial charge in [0.15, 0.2) is 11.5 Å². The molecule has 0 bridgehead atoms. The van der Waals surface area contributed by atoms with E-state index in [4.69, 9.17) is 21.1 Å². The molecule has 2 aromatic carbocycles. The van der Waals surface area contributed by atoms with E-state index in [0.717, 1.165) is 16.7 Å². The fraction of sp³-hybridized carbons (Fsp3) is 0.294. The van der Waals surface area contributed by atoms with Gasteiger partial charge in [-0.3, -0.25) is 0 Å². The highest BCUT2D eigenvalue weighted by atomic mass is 35.5. The third-order valence-electron chi connectivity index (χ3n) is 3.66. The molecule has 2 aromatic rings. The molecule has 21 heavy (non-hydrogen) atoms. The predicted octanol–water partition coefficient (Wildman–Crippen LogP) is 3.81. The van der Waals surface area contributed by atoms with Gasteiger partial charge in [-0.25, -0.2) is 0 Å². The van der Waals surface area contributed by atoms with Gasteiger partial charge in [0.05, 0.1) is 5.02 Å². The zero-order valence-electron chi connectivity index (χ0n) is 12.0. The number of benzene rings is 2. The Morgan fingerprint density at radius 3 is 2.67 bits per heavy atom. The molecule has 0 aromatic heterocycles. The van der Waals surface area contributed by atoms with E-state index in [-0.39, 0.29) is 0 Å². The lowest BCUT2D eigenvalue weighted by molar-refractivity contribution is 0.170. The third-order valence-corrected chi connectivity index (χ3v) is 3.94. The summed E-state index contributed by atoms with van der Waals surface area (Å²) in [5.41, 5.74) is 3.73. The van der Waals surface area contributed by atoms with Crippen molar-refractivity contribution >= 4 is 11.6 Å². The third kappa shape index (κ3) is 2.71. The van der Waals surface area contributed by atoms with Gasteiger partial charge in [-0.15, -0.1) is 0 Å². The molecule has 1 heterocycles. The van der Waals surface area contributed by atoms with E-state index in [1.807, 2.05) is 32.0 Å². The van der Waals surface area contributed by atoms with Crippen molar-refractivity contribution in [3.8, 4) is 11.5 Å². The van der Waals surface area contributed by atoms with Gasteiger partial charge in [-0.2, -0.15) is 0 Å². The van der Waals surface area contributed by atoms with E-state index in [2.05, 4.69) is 0 Å². The van der Waals surface area contributed by atoms with Gasteiger partial charge in [0, 0.05) is 0 Å². The lowest BCUT2D eigenvalue weighted by Gasteiger charge is -2.22. The zero-order chi connectivity index (χ0) is 15.0. The first-order chi connectivity index (χ1) is 10.1. The second-order valence-corrected chi connectivity index (χ2v) is 5.70. The van der Waals surface area contributed by atoms with E-state index in [0.29, 0.717) is 35.3 Å². The number of ether oxygens (including phenoxy) is 2.